The zero-order chi connectivity index (χ0) is 12.4. The van der Waals surface area contributed by atoms with Crippen LogP contribution in [0.25, 0.3) is 0 Å². The molecule has 0 bridgehead atoms. The second-order valence-corrected chi connectivity index (χ2v) is 6.00. The van der Waals surface area contributed by atoms with Gasteiger partial charge in [-0.25, -0.2) is 0 Å². The number of rotatable bonds is 6. The third-order valence-electron chi connectivity index (χ3n) is 4.32. The number of fused-ring (bicyclic) bond motifs is 1. The Kier molecular flexibility index (Phi) is 4.08. The van der Waals surface area contributed by atoms with Crippen molar-refractivity contribution in [3.05, 3.63) is 0 Å². The molecule has 2 aliphatic rings. The topological polar surface area (TPSA) is 23.6 Å². The van der Waals surface area contributed by atoms with Crippen LogP contribution >= 0.6 is 0 Å². The highest BCUT2D eigenvalue weighted by Gasteiger charge is 2.48. The van der Waals surface area contributed by atoms with Gasteiger partial charge in [-0.3, -0.25) is 4.79 Å². The van der Waals surface area contributed by atoms with E-state index >= 15 is 0 Å². The van der Waals surface area contributed by atoms with Gasteiger partial charge >= 0.3 is 0 Å². The molecule has 2 unspecified atom stereocenters. The van der Waals surface area contributed by atoms with Crippen molar-refractivity contribution in [2.75, 3.05) is 33.7 Å². The van der Waals surface area contributed by atoms with E-state index in [1.54, 1.807) is 0 Å². The Labute approximate surface area is 105 Å². The highest BCUT2D eigenvalue weighted by Crippen LogP contribution is 2.54. The van der Waals surface area contributed by atoms with Crippen molar-refractivity contribution in [2.24, 2.45) is 17.8 Å². The second kappa shape index (κ2) is 5.38. The average molecular weight is 238 g/mol. The van der Waals surface area contributed by atoms with E-state index in [2.05, 4.69) is 30.8 Å². The molecule has 0 N–H and O–H groups in total. The molecular formula is C14H26N2O. The average Bonchev–Trinajstić information content (AvgIpc) is 2.90. The van der Waals surface area contributed by atoms with Crippen molar-refractivity contribution in [1.82, 2.24) is 9.80 Å². The lowest BCUT2D eigenvalue weighted by Crippen LogP contribution is -2.37. The fourth-order valence-electron chi connectivity index (χ4n) is 3.18. The maximum Gasteiger partial charge on any atom is 0.225 e. The molecule has 0 aromatic heterocycles. The van der Waals surface area contributed by atoms with Crippen LogP contribution in [-0.2, 0) is 4.79 Å². The summed E-state index contributed by atoms with van der Waals surface area (Å²) in [4.78, 5) is 16.6. The summed E-state index contributed by atoms with van der Waals surface area (Å²) in [6.45, 7) is 4.97. The molecule has 0 heterocycles. The fraction of sp³-hybridized carbons (Fsp3) is 0.929. The Morgan fingerprint density at radius 3 is 2.29 bits per heavy atom. The van der Waals surface area contributed by atoms with Crippen LogP contribution in [0, 0.1) is 17.8 Å². The molecule has 2 aliphatic carbocycles. The molecule has 3 heteroatoms. The van der Waals surface area contributed by atoms with Crippen molar-refractivity contribution in [3.8, 4) is 0 Å². The minimum Gasteiger partial charge on any atom is -0.343 e. The SMILES string of the molecule is CCN(CCCN(C)C)C(=O)C1CC2CC2C1. The lowest BCUT2D eigenvalue weighted by molar-refractivity contribution is -0.135. The van der Waals surface area contributed by atoms with Gasteiger partial charge in [-0.2, -0.15) is 0 Å². The predicted octanol–water partition coefficient (Wildman–Crippen LogP) is 1.83. The number of hydrogen-bond donors (Lipinski definition) is 0. The zero-order valence-electron chi connectivity index (χ0n) is 11.5. The molecule has 0 aliphatic heterocycles. The molecule has 0 saturated heterocycles. The van der Waals surface area contributed by atoms with E-state index in [-0.39, 0.29) is 0 Å². The van der Waals surface area contributed by atoms with E-state index in [0.29, 0.717) is 11.8 Å². The Balaban J connectivity index is 1.74. The summed E-state index contributed by atoms with van der Waals surface area (Å²) < 4.78 is 0. The van der Waals surface area contributed by atoms with Crippen molar-refractivity contribution in [1.29, 1.82) is 0 Å². The number of hydrogen-bond acceptors (Lipinski definition) is 2. The first kappa shape index (κ1) is 12.9. The number of carbonyl (C=O) groups is 1. The van der Waals surface area contributed by atoms with Crippen LogP contribution in [0.3, 0.4) is 0 Å². The quantitative estimate of drug-likeness (QED) is 0.705. The van der Waals surface area contributed by atoms with Gasteiger partial charge in [0.05, 0.1) is 0 Å². The summed E-state index contributed by atoms with van der Waals surface area (Å²) in [7, 11) is 4.17. The molecule has 2 rings (SSSR count). The molecule has 0 aromatic carbocycles. The largest absolute Gasteiger partial charge is 0.343 e. The summed E-state index contributed by atoms with van der Waals surface area (Å²) in [6, 6.07) is 0. The van der Waals surface area contributed by atoms with E-state index in [4.69, 9.17) is 0 Å². The molecule has 0 spiro atoms. The van der Waals surface area contributed by atoms with Crippen LogP contribution in [0.5, 0.6) is 0 Å². The van der Waals surface area contributed by atoms with Gasteiger partial charge in [0.15, 0.2) is 0 Å². The lowest BCUT2D eigenvalue weighted by atomic mass is 10.0. The number of nitrogens with zero attached hydrogens (tertiary/aromatic N) is 2. The predicted molar refractivity (Wildman–Crippen MR) is 69.7 cm³/mol. The van der Waals surface area contributed by atoms with E-state index in [9.17, 15) is 4.79 Å². The maximum absolute atomic E-state index is 12.3. The van der Waals surface area contributed by atoms with Crippen LogP contribution in [-0.4, -0.2) is 49.4 Å². The molecule has 0 radical (unpaired) electrons. The van der Waals surface area contributed by atoms with Crippen molar-refractivity contribution in [3.63, 3.8) is 0 Å². The van der Waals surface area contributed by atoms with Gasteiger partial charge in [-0.1, -0.05) is 0 Å². The first-order valence-electron chi connectivity index (χ1n) is 7.05. The third kappa shape index (κ3) is 3.21. The molecule has 2 atom stereocenters. The molecule has 0 aromatic rings. The molecule has 1 amide bonds. The van der Waals surface area contributed by atoms with Gasteiger partial charge in [0.2, 0.25) is 5.91 Å². The summed E-state index contributed by atoms with van der Waals surface area (Å²) in [6.07, 6.45) is 4.84. The molecule has 3 nitrogen and oxygen atoms in total. The van der Waals surface area contributed by atoms with E-state index in [1.165, 1.54) is 19.3 Å². The zero-order valence-corrected chi connectivity index (χ0v) is 11.5. The lowest BCUT2D eigenvalue weighted by Gasteiger charge is -2.25. The summed E-state index contributed by atoms with van der Waals surface area (Å²) in [5, 5.41) is 0. The Hall–Kier alpha value is -0.570. The second-order valence-electron chi connectivity index (χ2n) is 6.00. The minimum absolute atomic E-state index is 0.359. The molecular weight excluding hydrogens is 212 g/mol. The summed E-state index contributed by atoms with van der Waals surface area (Å²) in [5.41, 5.74) is 0. The minimum atomic E-state index is 0.359. The van der Waals surface area contributed by atoms with Crippen LogP contribution in [0.15, 0.2) is 0 Å². The van der Waals surface area contributed by atoms with E-state index < -0.39 is 0 Å². The standard InChI is InChI=1S/C14H26N2O/c1-4-16(7-5-6-15(2)3)14(17)13-9-11-8-12(11)10-13/h11-13H,4-10H2,1-3H3. The van der Waals surface area contributed by atoms with E-state index in [0.717, 1.165) is 37.9 Å². The molecule has 2 fully saturated rings. The van der Waals surface area contributed by atoms with Crippen LogP contribution in [0.1, 0.15) is 32.6 Å². The first-order valence-corrected chi connectivity index (χ1v) is 7.05. The Bertz CT molecular complexity index is 267. The highest BCUT2D eigenvalue weighted by molar-refractivity contribution is 5.79. The molecule has 17 heavy (non-hydrogen) atoms. The molecule has 2 saturated carbocycles. The van der Waals surface area contributed by atoms with Crippen molar-refractivity contribution < 1.29 is 4.79 Å². The third-order valence-corrected chi connectivity index (χ3v) is 4.32. The fourth-order valence-corrected chi connectivity index (χ4v) is 3.18. The Morgan fingerprint density at radius 1 is 1.12 bits per heavy atom. The van der Waals surface area contributed by atoms with Gasteiger partial charge in [0.1, 0.15) is 0 Å². The van der Waals surface area contributed by atoms with Crippen molar-refractivity contribution in [2.45, 2.75) is 32.6 Å². The highest BCUT2D eigenvalue weighted by atomic mass is 16.2. The smallest absolute Gasteiger partial charge is 0.225 e. The van der Waals surface area contributed by atoms with Crippen LogP contribution in [0.2, 0.25) is 0 Å². The normalized spacial score (nSPS) is 30.5. The summed E-state index contributed by atoms with van der Waals surface area (Å²) >= 11 is 0. The van der Waals surface area contributed by atoms with Gasteiger partial charge in [0.25, 0.3) is 0 Å². The van der Waals surface area contributed by atoms with Gasteiger partial charge < -0.3 is 9.80 Å². The van der Waals surface area contributed by atoms with Gasteiger partial charge in [-0.05, 0) is 65.1 Å². The van der Waals surface area contributed by atoms with Crippen molar-refractivity contribution >= 4 is 5.91 Å². The van der Waals surface area contributed by atoms with Gasteiger partial charge in [0, 0.05) is 19.0 Å². The van der Waals surface area contributed by atoms with Crippen LogP contribution in [0.4, 0.5) is 0 Å². The van der Waals surface area contributed by atoms with Gasteiger partial charge in [-0.15, -0.1) is 0 Å². The van der Waals surface area contributed by atoms with Crippen LogP contribution < -0.4 is 0 Å². The molecule has 98 valence electrons. The Morgan fingerprint density at radius 2 is 1.76 bits per heavy atom. The maximum atomic E-state index is 12.3. The number of amides is 1. The number of carbonyl (C=O) groups excluding carboxylic acids is 1. The first-order chi connectivity index (χ1) is 8.11. The summed E-state index contributed by atoms with van der Waals surface area (Å²) in [5.74, 6) is 2.60. The van der Waals surface area contributed by atoms with E-state index in [1.807, 2.05) is 0 Å². The monoisotopic (exact) mass is 238 g/mol.